The third kappa shape index (κ3) is 4.60. The van der Waals surface area contributed by atoms with E-state index in [9.17, 15) is 9.59 Å². The van der Waals surface area contributed by atoms with Gasteiger partial charge in [0.05, 0.1) is 12.0 Å². The number of nitrogens with zero attached hydrogens (tertiary/aromatic N) is 1. The molecule has 2 N–H and O–H groups in total. The van der Waals surface area contributed by atoms with E-state index in [4.69, 9.17) is 5.11 Å². The lowest BCUT2D eigenvalue weighted by Gasteiger charge is -2.33. The van der Waals surface area contributed by atoms with Crippen molar-refractivity contribution >= 4 is 23.8 Å². The minimum Gasteiger partial charge on any atom is -0.481 e. The SMILES string of the molecule is CSCC(C)N(C)C(=O)NC1(CC(=O)O)CCCC1. The maximum absolute atomic E-state index is 12.2. The number of thioether (sulfide) groups is 1. The molecule has 0 saturated heterocycles. The van der Waals surface area contributed by atoms with E-state index in [1.54, 1.807) is 23.7 Å². The number of aliphatic carboxylic acids is 1. The van der Waals surface area contributed by atoms with Gasteiger partial charge in [-0.05, 0) is 26.0 Å². The van der Waals surface area contributed by atoms with Crippen molar-refractivity contribution in [2.24, 2.45) is 0 Å². The molecule has 1 aliphatic carbocycles. The van der Waals surface area contributed by atoms with Gasteiger partial charge in [0.1, 0.15) is 0 Å². The first kappa shape index (κ1) is 16.1. The van der Waals surface area contributed by atoms with Crippen molar-refractivity contribution in [2.75, 3.05) is 19.1 Å². The number of carbonyl (C=O) groups is 2. The molecule has 1 saturated carbocycles. The molecule has 0 aromatic rings. The molecule has 1 aliphatic rings. The predicted octanol–water partition coefficient (Wildman–Crippen LogP) is 2.17. The fraction of sp³-hybridized carbons (Fsp3) is 0.846. The summed E-state index contributed by atoms with van der Waals surface area (Å²) in [4.78, 5) is 24.9. The second-order valence-corrected chi connectivity index (χ2v) is 6.31. The lowest BCUT2D eigenvalue weighted by Crippen LogP contribution is -2.54. The fourth-order valence-electron chi connectivity index (χ4n) is 2.56. The molecule has 6 heteroatoms. The standard InChI is InChI=1S/C13H24N2O3S/c1-10(9-19-3)15(2)12(18)14-13(8-11(16)17)6-4-5-7-13/h10H,4-9H2,1-3H3,(H,14,18)(H,16,17). The quantitative estimate of drug-likeness (QED) is 0.786. The van der Waals surface area contributed by atoms with E-state index < -0.39 is 11.5 Å². The van der Waals surface area contributed by atoms with E-state index in [-0.39, 0.29) is 18.5 Å². The summed E-state index contributed by atoms with van der Waals surface area (Å²) in [5.74, 6) is 0.0255. The van der Waals surface area contributed by atoms with Crippen molar-refractivity contribution in [2.45, 2.75) is 50.6 Å². The summed E-state index contributed by atoms with van der Waals surface area (Å²) in [6.07, 6.45) is 5.51. The third-order valence-electron chi connectivity index (χ3n) is 3.81. The summed E-state index contributed by atoms with van der Waals surface area (Å²) in [6.45, 7) is 1.99. The highest BCUT2D eigenvalue weighted by atomic mass is 32.2. The van der Waals surface area contributed by atoms with Crippen molar-refractivity contribution in [3.8, 4) is 0 Å². The van der Waals surface area contributed by atoms with E-state index >= 15 is 0 Å². The summed E-state index contributed by atoms with van der Waals surface area (Å²) in [5, 5.41) is 12.0. The molecule has 0 aromatic carbocycles. The molecular weight excluding hydrogens is 264 g/mol. The Labute approximate surface area is 119 Å². The molecule has 1 fully saturated rings. The maximum Gasteiger partial charge on any atom is 0.317 e. The minimum atomic E-state index is -0.845. The molecular formula is C13H24N2O3S. The van der Waals surface area contributed by atoms with Crippen LogP contribution in [0.25, 0.3) is 0 Å². The molecule has 0 spiro atoms. The molecule has 0 radical (unpaired) electrons. The average molecular weight is 288 g/mol. The predicted molar refractivity (Wildman–Crippen MR) is 77.6 cm³/mol. The minimum absolute atomic E-state index is 0.0173. The summed E-state index contributed by atoms with van der Waals surface area (Å²) in [5.41, 5.74) is -0.545. The van der Waals surface area contributed by atoms with Gasteiger partial charge < -0.3 is 15.3 Å². The van der Waals surface area contributed by atoms with Crippen LogP contribution >= 0.6 is 11.8 Å². The van der Waals surface area contributed by atoms with Crippen molar-refractivity contribution in [1.29, 1.82) is 0 Å². The Morgan fingerprint density at radius 2 is 2.00 bits per heavy atom. The number of hydrogen-bond donors (Lipinski definition) is 2. The molecule has 0 heterocycles. The Bertz CT molecular complexity index is 330. The normalized spacial score (nSPS) is 18.9. The largest absolute Gasteiger partial charge is 0.481 e. The van der Waals surface area contributed by atoms with Crippen LogP contribution in [0.5, 0.6) is 0 Å². The highest BCUT2D eigenvalue weighted by molar-refractivity contribution is 7.98. The molecule has 2 amide bonds. The third-order valence-corrected chi connectivity index (χ3v) is 4.63. The Morgan fingerprint density at radius 3 is 2.47 bits per heavy atom. The van der Waals surface area contributed by atoms with Crippen molar-refractivity contribution < 1.29 is 14.7 Å². The van der Waals surface area contributed by atoms with Crippen LogP contribution in [-0.4, -0.2) is 52.6 Å². The molecule has 0 bridgehead atoms. The first-order valence-electron chi connectivity index (χ1n) is 6.66. The van der Waals surface area contributed by atoms with Gasteiger partial charge in [-0.15, -0.1) is 0 Å². The first-order chi connectivity index (χ1) is 8.90. The first-order valence-corrected chi connectivity index (χ1v) is 8.05. The monoisotopic (exact) mass is 288 g/mol. The van der Waals surface area contributed by atoms with Gasteiger partial charge >= 0.3 is 12.0 Å². The van der Waals surface area contributed by atoms with Crippen LogP contribution in [-0.2, 0) is 4.79 Å². The highest BCUT2D eigenvalue weighted by Gasteiger charge is 2.38. The lowest BCUT2D eigenvalue weighted by molar-refractivity contribution is -0.138. The van der Waals surface area contributed by atoms with Gasteiger partial charge in [0.15, 0.2) is 0 Å². The molecule has 5 nitrogen and oxygen atoms in total. The molecule has 1 unspecified atom stereocenters. The lowest BCUT2D eigenvalue weighted by atomic mass is 9.93. The topological polar surface area (TPSA) is 69.6 Å². The van der Waals surface area contributed by atoms with E-state index in [0.29, 0.717) is 0 Å². The maximum atomic E-state index is 12.2. The number of hydrogen-bond acceptors (Lipinski definition) is 3. The molecule has 110 valence electrons. The van der Waals surface area contributed by atoms with Gasteiger partial charge in [-0.2, -0.15) is 11.8 Å². The zero-order valence-electron chi connectivity index (χ0n) is 11.9. The number of carboxylic acids is 1. The van der Waals surface area contributed by atoms with E-state index in [2.05, 4.69) is 5.32 Å². The van der Waals surface area contributed by atoms with Crippen LogP contribution in [0.4, 0.5) is 4.79 Å². The molecule has 1 atom stereocenters. The van der Waals surface area contributed by atoms with Crippen LogP contribution in [0, 0.1) is 0 Å². The summed E-state index contributed by atoms with van der Waals surface area (Å²) in [6, 6.07) is -0.0250. The van der Waals surface area contributed by atoms with Crippen LogP contribution < -0.4 is 5.32 Å². The van der Waals surface area contributed by atoms with Gasteiger partial charge in [-0.3, -0.25) is 4.79 Å². The zero-order valence-corrected chi connectivity index (χ0v) is 12.8. The average Bonchev–Trinajstić information content (AvgIpc) is 2.75. The molecule has 0 aliphatic heterocycles. The summed E-state index contributed by atoms with van der Waals surface area (Å²) >= 11 is 1.69. The molecule has 0 aromatic heterocycles. The van der Waals surface area contributed by atoms with Gasteiger partial charge in [0.2, 0.25) is 0 Å². The number of carboxylic acid groups (broad SMARTS) is 1. The Kier molecular flexibility index (Phi) is 5.97. The Hall–Kier alpha value is -0.910. The number of carbonyl (C=O) groups excluding carboxylic acids is 1. The van der Waals surface area contributed by atoms with Gasteiger partial charge in [0.25, 0.3) is 0 Å². The van der Waals surface area contributed by atoms with Gasteiger partial charge in [-0.25, -0.2) is 4.79 Å². The summed E-state index contributed by atoms with van der Waals surface area (Å²) in [7, 11) is 1.76. The number of urea groups is 1. The second kappa shape index (κ2) is 7.03. The van der Waals surface area contributed by atoms with Crippen LogP contribution in [0.3, 0.4) is 0 Å². The molecule has 1 rings (SSSR count). The highest BCUT2D eigenvalue weighted by Crippen LogP contribution is 2.32. The van der Waals surface area contributed by atoms with E-state index in [1.165, 1.54) is 0 Å². The number of nitrogens with one attached hydrogen (secondary N) is 1. The van der Waals surface area contributed by atoms with Crippen molar-refractivity contribution in [3.05, 3.63) is 0 Å². The summed E-state index contributed by atoms with van der Waals surface area (Å²) < 4.78 is 0. The van der Waals surface area contributed by atoms with Gasteiger partial charge in [-0.1, -0.05) is 12.8 Å². The van der Waals surface area contributed by atoms with E-state index in [1.807, 2.05) is 13.2 Å². The van der Waals surface area contributed by atoms with Crippen molar-refractivity contribution in [1.82, 2.24) is 10.2 Å². The number of rotatable bonds is 6. The smallest absolute Gasteiger partial charge is 0.317 e. The zero-order chi connectivity index (χ0) is 14.5. The fourth-order valence-corrected chi connectivity index (χ4v) is 3.26. The van der Waals surface area contributed by atoms with Crippen LogP contribution in [0.1, 0.15) is 39.0 Å². The van der Waals surface area contributed by atoms with Crippen molar-refractivity contribution in [3.63, 3.8) is 0 Å². The van der Waals surface area contributed by atoms with E-state index in [0.717, 1.165) is 31.4 Å². The Morgan fingerprint density at radius 1 is 1.42 bits per heavy atom. The number of amides is 2. The second-order valence-electron chi connectivity index (χ2n) is 5.40. The van der Waals surface area contributed by atoms with Gasteiger partial charge in [0, 0.05) is 18.8 Å². The van der Waals surface area contributed by atoms with Crippen LogP contribution in [0.15, 0.2) is 0 Å². The molecule has 19 heavy (non-hydrogen) atoms. The Balaban J connectivity index is 2.63. The van der Waals surface area contributed by atoms with Crippen LogP contribution in [0.2, 0.25) is 0 Å².